The monoisotopic (exact) mass is 208 g/mol. The number of nitrogen functional groups attached to an aromatic ring is 1. The number of anilines is 1. The Morgan fingerprint density at radius 1 is 1.27 bits per heavy atom. The summed E-state index contributed by atoms with van der Waals surface area (Å²) in [7, 11) is 0. The van der Waals surface area contributed by atoms with Crippen LogP contribution in [0, 0.1) is 0 Å². The molecule has 0 bridgehead atoms. The zero-order chi connectivity index (χ0) is 10.9. The van der Waals surface area contributed by atoms with E-state index in [1.807, 2.05) is 6.07 Å². The zero-order valence-corrected chi connectivity index (χ0v) is 9.41. The number of nitrogens with zero attached hydrogens (tertiary/aromatic N) is 1. The van der Waals surface area contributed by atoms with E-state index >= 15 is 0 Å². The number of ether oxygens (including phenoxy) is 1. The van der Waals surface area contributed by atoms with Crippen LogP contribution in [0.4, 0.5) is 5.69 Å². The molecule has 0 aliphatic carbocycles. The summed E-state index contributed by atoms with van der Waals surface area (Å²) in [6.45, 7) is 2.93. The highest BCUT2D eigenvalue weighted by Gasteiger charge is 1.99. The highest BCUT2D eigenvalue weighted by molar-refractivity contribution is 5.46. The fourth-order valence-corrected chi connectivity index (χ4v) is 1.40. The Labute approximate surface area is 91.7 Å². The van der Waals surface area contributed by atoms with Gasteiger partial charge in [0, 0.05) is 6.20 Å². The highest BCUT2D eigenvalue weighted by atomic mass is 16.5. The molecule has 0 saturated heterocycles. The molecule has 0 fully saturated rings. The van der Waals surface area contributed by atoms with E-state index in [4.69, 9.17) is 10.5 Å². The molecule has 0 amide bonds. The van der Waals surface area contributed by atoms with Crippen LogP contribution in [-0.2, 0) is 0 Å². The van der Waals surface area contributed by atoms with E-state index in [1.165, 1.54) is 25.7 Å². The molecule has 2 N–H and O–H groups in total. The van der Waals surface area contributed by atoms with E-state index in [1.54, 1.807) is 12.3 Å². The van der Waals surface area contributed by atoms with Crippen molar-refractivity contribution in [2.45, 2.75) is 39.0 Å². The number of unbranched alkanes of at least 4 members (excludes halogenated alkanes) is 4. The number of hydrogen-bond donors (Lipinski definition) is 1. The predicted octanol–water partition coefficient (Wildman–Crippen LogP) is 3.01. The van der Waals surface area contributed by atoms with Crippen molar-refractivity contribution < 1.29 is 4.74 Å². The summed E-state index contributed by atoms with van der Waals surface area (Å²) < 4.78 is 5.48. The summed E-state index contributed by atoms with van der Waals surface area (Å²) in [6, 6.07) is 3.61. The molecule has 1 aromatic rings. The molecule has 0 atom stereocenters. The number of aromatic nitrogens is 1. The van der Waals surface area contributed by atoms with E-state index < -0.39 is 0 Å². The van der Waals surface area contributed by atoms with Gasteiger partial charge in [0.1, 0.15) is 0 Å². The average molecular weight is 208 g/mol. The van der Waals surface area contributed by atoms with E-state index in [0.29, 0.717) is 18.2 Å². The third kappa shape index (κ3) is 4.68. The lowest BCUT2D eigenvalue weighted by Gasteiger charge is -2.06. The normalized spacial score (nSPS) is 10.2. The second-order valence-electron chi connectivity index (χ2n) is 3.66. The largest absolute Gasteiger partial charge is 0.476 e. The molecule has 0 radical (unpaired) electrons. The van der Waals surface area contributed by atoms with Gasteiger partial charge in [-0.05, 0) is 18.6 Å². The predicted molar refractivity (Wildman–Crippen MR) is 62.9 cm³/mol. The lowest BCUT2D eigenvalue weighted by Crippen LogP contribution is -2.01. The molecule has 0 unspecified atom stereocenters. The Bertz CT molecular complexity index is 276. The van der Waals surface area contributed by atoms with Crippen molar-refractivity contribution in [1.82, 2.24) is 4.98 Å². The zero-order valence-electron chi connectivity index (χ0n) is 9.41. The van der Waals surface area contributed by atoms with Gasteiger partial charge in [0.25, 0.3) is 0 Å². The van der Waals surface area contributed by atoms with E-state index in [-0.39, 0.29) is 0 Å². The third-order valence-electron chi connectivity index (χ3n) is 2.29. The van der Waals surface area contributed by atoms with Gasteiger partial charge in [-0.3, -0.25) is 0 Å². The molecule has 1 aromatic heterocycles. The van der Waals surface area contributed by atoms with Crippen molar-refractivity contribution in [3.8, 4) is 5.88 Å². The van der Waals surface area contributed by atoms with Gasteiger partial charge < -0.3 is 10.5 Å². The molecule has 15 heavy (non-hydrogen) atoms. The average Bonchev–Trinajstić information content (AvgIpc) is 2.25. The first-order valence-corrected chi connectivity index (χ1v) is 5.68. The molecule has 0 aliphatic heterocycles. The van der Waals surface area contributed by atoms with Gasteiger partial charge in [-0.2, -0.15) is 0 Å². The van der Waals surface area contributed by atoms with E-state index in [0.717, 1.165) is 6.42 Å². The van der Waals surface area contributed by atoms with Crippen LogP contribution in [0.2, 0.25) is 0 Å². The summed E-state index contributed by atoms with van der Waals surface area (Å²) in [5, 5.41) is 0. The molecular weight excluding hydrogens is 188 g/mol. The maximum Gasteiger partial charge on any atom is 0.237 e. The first-order valence-electron chi connectivity index (χ1n) is 5.68. The Kier molecular flexibility index (Phi) is 5.59. The van der Waals surface area contributed by atoms with Crippen molar-refractivity contribution >= 4 is 5.69 Å². The SMILES string of the molecule is CCCCCCCOc1ncccc1N. The van der Waals surface area contributed by atoms with Crippen LogP contribution in [0.3, 0.4) is 0 Å². The summed E-state index contributed by atoms with van der Waals surface area (Å²) in [5.74, 6) is 0.563. The van der Waals surface area contributed by atoms with Gasteiger partial charge in [0.2, 0.25) is 5.88 Å². The maximum atomic E-state index is 5.70. The Morgan fingerprint density at radius 2 is 2.07 bits per heavy atom. The van der Waals surface area contributed by atoms with Crippen LogP contribution in [0.1, 0.15) is 39.0 Å². The van der Waals surface area contributed by atoms with E-state index in [2.05, 4.69) is 11.9 Å². The lowest BCUT2D eigenvalue weighted by molar-refractivity contribution is 0.295. The smallest absolute Gasteiger partial charge is 0.237 e. The summed E-state index contributed by atoms with van der Waals surface area (Å²) in [4.78, 5) is 4.07. The molecule has 3 heteroatoms. The molecule has 1 heterocycles. The van der Waals surface area contributed by atoms with Crippen LogP contribution >= 0.6 is 0 Å². The molecule has 84 valence electrons. The van der Waals surface area contributed by atoms with E-state index in [9.17, 15) is 0 Å². The highest BCUT2D eigenvalue weighted by Crippen LogP contribution is 2.16. The minimum atomic E-state index is 0.563. The van der Waals surface area contributed by atoms with Crippen LogP contribution < -0.4 is 10.5 Å². The number of hydrogen-bond acceptors (Lipinski definition) is 3. The van der Waals surface area contributed by atoms with Crippen molar-refractivity contribution in [2.24, 2.45) is 0 Å². The van der Waals surface area contributed by atoms with Crippen molar-refractivity contribution in [1.29, 1.82) is 0 Å². The Hall–Kier alpha value is -1.25. The summed E-state index contributed by atoms with van der Waals surface area (Å²) in [6.07, 6.45) is 7.87. The van der Waals surface area contributed by atoms with Gasteiger partial charge in [0.15, 0.2) is 0 Å². The molecule has 1 rings (SSSR count). The quantitative estimate of drug-likeness (QED) is 0.701. The number of pyridine rings is 1. The van der Waals surface area contributed by atoms with Gasteiger partial charge in [-0.25, -0.2) is 4.98 Å². The Morgan fingerprint density at radius 3 is 2.80 bits per heavy atom. The molecule has 0 aromatic carbocycles. The molecule has 0 saturated carbocycles. The minimum absolute atomic E-state index is 0.563. The molecule has 3 nitrogen and oxygen atoms in total. The number of rotatable bonds is 7. The van der Waals surface area contributed by atoms with Gasteiger partial charge in [0.05, 0.1) is 12.3 Å². The van der Waals surface area contributed by atoms with Crippen molar-refractivity contribution in [2.75, 3.05) is 12.3 Å². The third-order valence-corrected chi connectivity index (χ3v) is 2.29. The lowest BCUT2D eigenvalue weighted by atomic mass is 10.2. The van der Waals surface area contributed by atoms with Crippen LogP contribution in [0.5, 0.6) is 5.88 Å². The fourth-order valence-electron chi connectivity index (χ4n) is 1.40. The van der Waals surface area contributed by atoms with Crippen LogP contribution in [-0.4, -0.2) is 11.6 Å². The minimum Gasteiger partial charge on any atom is -0.476 e. The standard InChI is InChI=1S/C12H20N2O/c1-2-3-4-5-6-10-15-12-11(13)8-7-9-14-12/h7-9H,2-6,10,13H2,1H3. The molecule has 0 aliphatic rings. The first kappa shape index (κ1) is 11.8. The van der Waals surface area contributed by atoms with Crippen LogP contribution in [0.25, 0.3) is 0 Å². The second-order valence-corrected chi connectivity index (χ2v) is 3.66. The van der Waals surface area contributed by atoms with Gasteiger partial charge in [-0.1, -0.05) is 32.6 Å². The Balaban J connectivity index is 2.12. The topological polar surface area (TPSA) is 48.1 Å². The van der Waals surface area contributed by atoms with Gasteiger partial charge in [-0.15, -0.1) is 0 Å². The second kappa shape index (κ2) is 7.10. The van der Waals surface area contributed by atoms with Crippen LogP contribution in [0.15, 0.2) is 18.3 Å². The van der Waals surface area contributed by atoms with Gasteiger partial charge >= 0.3 is 0 Å². The maximum absolute atomic E-state index is 5.70. The number of nitrogens with two attached hydrogens (primary N) is 1. The molecule has 0 spiro atoms. The summed E-state index contributed by atoms with van der Waals surface area (Å²) in [5.41, 5.74) is 6.31. The van der Waals surface area contributed by atoms with Crippen molar-refractivity contribution in [3.63, 3.8) is 0 Å². The first-order chi connectivity index (χ1) is 7.34. The summed E-state index contributed by atoms with van der Waals surface area (Å²) >= 11 is 0. The fraction of sp³-hybridized carbons (Fsp3) is 0.583. The molecular formula is C12H20N2O. The van der Waals surface area contributed by atoms with Crippen molar-refractivity contribution in [3.05, 3.63) is 18.3 Å².